The molecular formula is C23H26BrN3O3S. The van der Waals surface area contributed by atoms with E-state index in [0.717, 1.165) is 38.2 Å². The molecule has 0 aliphatic heterocycles. The van der Waals surface area contributed by atoms with Crippen molar-refractivity contribution in [1.82, 2.24) is 10.2 Å². The third-order valence-electron chi connectivity index (χ3n) is 4.77. The molecule has 0 spiro atoms. The lowest BCUT2D eigenvalue weighted by Gasteiger charge is -2.13. The molecule has 1 aromatic heterocycles. The van der Waals surface area contributed by atoms with Crippen LogP contribution in [-0.4, -0.2) is 21.9 Å². The quantitative estimate of drug-likeness (QED) is 0.369. The summed E-state index contributed by atoms with van der Waals surface area (Å²) in [6.45, 7) is 10.5. The van der Waals surface area contributed by atoms with Crippen molar-refractivity contribution in [2.24, 2.45) is 0 Å². The molecule has 0 atom stereocenters. The van der Waals surface area contributed by atoms with Gasteiger partial charge in [0.05, 0.1) is 11.4 Å². The number of carbonyl (C=O) groups is 1. The number of aryl methyl sites for hydroxylation is 3. The molecule has 8 heteroatoms. The fourth-order valence-electron chi connectivity index (χ4n) is 2.93. The van der Waals surface area contributed by atoms with E-state index in [1.165, 1.54) is 11.8 Å². The fraction of sp³-hybridized carbons (Fsp3) is 0.348. The minimum absolute atomic E-state index is 0.147. The first-order chi connectivity index (χ1) is 14.7. The maximum absolute atomic E-state index is 12.3. The van der Waals surface area contributed by atoms with Crippen LogP contribution in [0.4, 0.5) is 5.69 Å². The van der Waals surface area contributed by atoms with Gasteiger partial charge in [0.2, 0.25) is 5.91 Å². The molecule has 1 heterocycles. The van der Waals surface area contributed by atoms with Crippen LogP contribution in [0.2, 0.25) is 0 Å². The Balaban J connectivity index is 1.54. The van der Waals surface area contributed by atoms with Crippen LogP contribution in [0.3, 0.4) is 0 Å². The van der Waals surface area contributed by atoms with Crippen LogP contribution >= 0.6 is 27.7 Å². The summed E-state index contributed by atoms with van der Waals surface area (Å²) in [5.74, 6) is 1.56. The normalized spacial score (nSPS) is 11.1. The third-order valence-corrected chi connectivity index (χ3v) is 6.25. The van der Waals surface area contributed by atoms with E-state index in [1.54, 1.807) is 0 Å². The maximum Gasteiger partial charge on any atom is 0.277 e. The fourth-order valence-corrected chi connectivity index (χ4v) is 4.07. The first kappa shape index (κ1) is 23.3. The summed E-state index contributed by atoms with van der Waals surface area (Å²) in [5, 5.41) is 11.3. The number of halogens is 1. The van der Waals surface area contributed by atoms with Gasteiger partial charge in [-0.3, -0.25) is 4.79 Å². The molecule has 1 amide bonds. The maximum atomic E-state index is 12.3. The summed E-state index contributed by atoms with van der Waals surface area (Å²) in [7, 11) is 0. The highest BCUT2D eigenvalue weighted by molar-refractivity contribution is 9.10. The van der Waals surface area contributed by atoms with Gasteiger partial charge in [0.25, 0.3) is 11.1 Å². The van der Waals surface area contributed by atoms with E-state index in [1.807, 2.05) is 39.0 Å². The molecule has 0 fully saturated rings. The summed E-state index contributed by atoms with van der Waals surface area (Å²) in [6, 6.07) is 10.1. The molecule has 6 nitrogen and oxygen atoms in total. The van der Waals surface area contributed by atoms with Crippen molar-refractivity contribution in [2.45, 2.75) is 52.4 Å². The molecular weight excluding hydrogens is 478 g/mol. The van der Waals surface area contributed by atoms with E-state index in [4.69, 9.17) is 9.15 Å². The topological polar surface area (TPSA) is 77.2 Å². The monoisotopic (exact) mass is 503 g/mol. The first-order valence-corrected chi connectivity index (χ1v) is 11.8. The molecule has 2 aromatic carbocycles. The van der Waals surface area contributed by atoms with E-state index < -0.39 is 0 Å². The van der Waals surface area contributed by atoms with Gasteiger partial charge in [-0.05, 0) is 83.1 Å². The van der Waals surface area contributed by atoms with Crippen LogP contribution in [0.15, 0.2) is 44.4 Å². The Bertz CT molecular complexity index is 1080. The SMILES string of the molecule is Cc1ccc(C(C)C)c(OCc2nnc(SCC(=O)Nc3cc(C)c(C)cc3Br)o2)c1. The smallest absolute Gasteiger partial charge is 0.277 e. The molecule has 31 heavy (non-hydrogen) atoms. The second kappa shape index (κ2) is 10.3. The Morgan fingerprint density at radius 3 is 2.65 bits per heavy atom. The van der Waals surface area contributed by atoms with E-state index in [-0.39, 0.29) is 18.3 Å². The zero-order valence-corrected chi connectivity index (χ0v) is 20.7. The van der Waals surface area contributed by atoms with Gasteiger partial charge in [-0.25, -0.2) is 0 Å². The summed E-state index contributed by atoms with van der Waals surface area (Å²) in [5.41, 5.74) is 5.27. The number of hydrogen-bond acceptors (Lipinski definition) is 6. The molecule has 0 aliphatic rings. The van der Waals surface area contributed by atoms with Crippen molar-refractivity contribution in [3.05, 3.63) is 62.9 Å². The van der Waals surface area contributed by atoms with Crippen LogP contribution in [0.1, 0.15) is 47.9 Å². The van der Waals surface area contributed by atoms with Crippen molar-refractivity contribution in [2.75, 3.05) is 11.1 Å². The number of nitrogens with one attached hydrogen (secondary N) is 1. The van der Waals surface area contributed by atoms with Crippen LogP contribution in [0.5, 0.6) is 5.75 Å². The van der Waals surface area contributed by atoms with Crippen molar-refractivity contribution >= 4 is 39.3 Å². The van der Waals surface area contributed by atoms with E-state index in [0.29, 0.717) is 17.0 Å². The molecule has 3 rings (SSSR count). The summed E-state index contributed by atoms with van der Waals surface area (Å²) >= 11 is 4.68. The number of carbonyl (C=O) groups excluding carboxylic acids is 1. The van der Waals surface area contributed by atoms with Crippen molar-refractivity contribution < 1.29 is 13.9 Å². The number of nitrogens with zero attached hydrogens (tertiary/aromatic N) is 2. The van der Waals surface area contributed by atoms with Crippen LogP contribution in [0, 0.1) is 20.8 Å². The van der Waals surface area contributed by atoms with Gasteiger partial charge in [0, 0.05) is 4.47 Å². The number of hydrogen-bond donors (Lipinski definition) is 1. The number of anilines is 1. The lowest BCUT2D eigenvalue weighted by Crippen LogP contribution is -2.14. The summed E-state index contributed by atoms with van der Waals surface area (Å²) < 4.78 is 12.4. The number of amides is 1. The van der Waals surface area contributed by atoms with Crippen molar-refractivity contribution in [1.29, 1.82) is 0 Å². The lowest BCUT2D eigenvalue weighted by molar-refractivity contribution is -0.113. The van der Waals surface area contributed by atoms with Gasteiger partial charge in [-0.1, -0.05) is 37.7 Å². The van der Waals surface area contributed by atoms with Gasteiger partial charge < -0.3 is 14.5 Å². The van der Waals surface area contributed by atoms with Gasteiger partial charge in [0.15, 0.2) is 6.61 Å². The zero-order chi connectivity index (χ0) is 22.5. The van der Waals surface area contributed by atoms with Gasteiger partial charge in [0.1, 0.15) is 5.75 Å². The zero-order valence-electron chi connectivity index (χ0n) is 18.3. The molecule has 164 valence electrons. The molecule has 0 radical (unpaired) electrons. The molecule has 0 aliphatic carbocycles. The number of ether oxygens (including phenoxy) is 1. The Morgan fingerprint density at radius 1 is 1.16 bits per heavy atom. The summed E-state index contributed by atoms with van der Waals surface area (Å²) in [6.07, 6.45) is 0. The van der Waals surface area contributed by atoms with E-state index in [2.05, 4.69) is 57.4 Å². The predicted octanol–water partition coefficient (Wildman–Crippen LogP) is 6.19. The second-order valence-corrected chi connectivity index (χ2v) is 9.48. The molecule has 0 unspecified atom stereocenters. The third kappa shape index (κ3) is 6.33. The minimum Gasteiger partial charge on any atom is -0.484 e. The molecule has 1 N–H and O–H groups in total. The molecule has 0 bridgehead atoms. The first-order valence-electron chi connectivity index (χ1n) is 9.98. The van der Waals surface area contributed by atoms with E-state index >= 15 is 0 Å². The van der Waals surface area contributed by atoms with Crippen molar-refractivity contribution in [3.8, 4) is 5.75 Å². The summed E-state index contributed by atoms with van der Waals surface area (Å²) in [4.78, 5) is 12.3. The highest BCUT2D eigenvalue weighted by Gasteiger charge is 2.14. The van der Waals surface area contributed by atoms with Gasteiger partial charge in [-0.2, -0.15) is 0 Å². The van der Waals surface area contributed by atoms with E-state index in [9.17, 15) is 4.79 Å². The lowest BCUT2D eigenvalue weighted by atomic mass is 10.0. The Labute approximate surface area is 195 Å². The van der Waals surface area contributed by atoms with Crippen LogP contribution < -0.4 is 10.1 Å². The minimum atomic E-state index is -0.147. The average molecular weight is 504 g/mol. The molecule has 0 saturated heterocycles. The molecule has 0 saturated carbocycles. The van der Waals surface area contributed by atoms with Gasteiger partial charge in [-0.15, -0.1) is 10.2 Å². The number of thioether (sulfide) groups is 1. The average Bonchev–Trinajstić information content (AvgIpc) is 3.16. The number of benzene rings is 2. The Kier molecular flexibility index (Phi) is 7.78. The van der Waals surface area contributed by atoms with Crippen molar-refractivity contribution in [3.63, 3.8) is 0 Å². The number of aromatic nitrogens is 2. The Hall–Kier alpha value is -2.32. The Morgan fingerprint density at radius 2 is 1.90 bits per heavy atom. The highest BCUT2D eigenvalue weighted by atomic mass is 79.9. The predicted molar refractivity (Wildman–Crippen MR) is 127 cm³/mol. The van der Waals surface area contributed by atoms with Gasteiger partial charge >= 0.3 is 0 Å². The molecule has 3 aromatic rings. The van der Waals surface area contributed by atoms with Crippen LogP contribution in [-0.2, 0) is 11.4 Å². The van der Waals surface area contributed by atoms with Crippen LogP contribution in [0.25, 0.3) is 0 Å². The second-order valence-electron chi connectivity index (χ2n) is 7.70. The standard InChI is InChI=1S/C23H26BrN3O3S/c1-13(2)17-7-6-14(3)8-20(17)29-11-22-26-27-23(30-22)31-12-21(28)25-19-10-16(5)15(4)9-18(19)24/h6-10,13H,11-12H2,1-5H3,(H,25,28). The number of rotatable bonds is 8. The highest BCUT2D eigenvalue weighted by Crippen LogP contribution is 2.29. The largest absolute Gasteiger partial charge is 0.484 e.